The van der Waals surface area contributed by atoms with Crippen LogP contribution in [-0.4, -0.2) is 64.2 Å². The van der Waals surface area contributed by atoms with E-state index in [1.807, 2.05) is 43.8 Å². The molecule has 1 saturated heterocycles. The SMILES string of the molecule is Cc1n[nH]c(C)c1C(=O)N1CCC(Nc2cc(N(C)C)ncn2)CC1. The molecule has 0 aliphatic carbocycles. The van der Waals surface area contributed by atoms with Crippen LogP contribution in [0.15, 0.2) is 12.4 Å². The lowest BCUT2D eigenvalue weighted by Gasteiger charge is -2.32. The van der Waals surface area contributed by atoms with Gasteiger partial charge in [-0.15, -0.1) is 0 Å². The summed E-state index contributed by atoms with van der Waals surface area (Å²) in [5.74, 6) is 1.76. The van der Waals surface area contributed by atoms with Crippen molar-refractivity contribution >= 4 is 17.5 Å². The molecule has 134 valence electrons. The monoisotopic (exact) mass is 343 g/mol. The van der Waals surface area contributed by atoms with E-state index in [0.29, 0.717) is 11.6 Å². The Morgan fingerprint density at radius 1 is 1.28 bits per heavy atom. The maximum atomic E-state index is 12.7. The number of aryl methyl sites for hydroxylation is 2. The molecule has 0 unspecified atom stereocenters. The van der Waals surface area contributed by atoms with Crippen molar-refractivity contribution in [3.63, 3.8) is 0 Å². The number of carbonyl (C=O) groups is 1. The second kappa shape index (κ2) is 7.08. The predicted molar refractivity (Wildman–Crippen MR) is 97.0 cm³/mol. The minimum Gasteiger partial charge on any atom is -0.367 e. The van der Waals surface area contributed by atoms with E-state index in [0.717, 1.165) is 49.0 Å². The number of H-pyrrole nitrogens is 1. The van der Waals surface area contributed by atoms with Gasteiger partial charge < -0.3 is 15.1 Å². The maximum absolute atomic E-state index is 12.7. The van der Waals surface area contributed by atoms with E-state index in [2.05, 4.69) is 25.5 Å². The van der Waals surface area contributed by atoms with E-state index in [1.165, 1.54) is 0 Å². The van der Waals surface area contributed by atoms with Crippen LogP contribution in [0, 0.1) is 13.8 Å². The summed E-state index contributed by atoms with van der Waals surface area (Å²) in [6.45, 7) is 5.21. The summed E-state index contributed by atoms with van der Waals surface area (Å²) in [5, 5.41) is 10.5. The minimum atomic E-state index is 0.0686. The number of aromatic amines is 1. The Morgan fingerprint density at radius 3 is 2.60 bits per heavy atom. The molecule has 3 heterocycles. The predicted octanol–water partition coefficient (Wildman–Crippen LogP) is 1.60. The summed E-state index contributed by atoms with van der Waals surface area (Å²) in [4.78, 5) is 25.1. The fraction of sp³-hybridized carbons (Fsp3) is 0.529. The third-order valence-electron chi connectivity index (χ3n) is 4.59. The molecule has 0 radical (unpaired) electrons. The Morgan fingerprint density at radius 2 is 2.00 bits per heavy atom. The number of nitrogens with one attached hydrogen (secondary N) is 2. The molecule has 2 aromatic rings. The highest BCUT2D eigenvalue weighted by Crippen LogP contribution is 2.20. The van der Waals surface area contributed by atoms with Gasteiger partial charge in [-0.2, -0.15) is 5.10 Å². The highest BCUT2D eigenvalue weighted by Gasteiger charge is 2.26. The zero-order valence-corrected chi connectivity index (χ0v) is 15.2. The first kappa shape index (κ1) is 17.2. The van der Waals surface area contributed by atoms with Crippen molar-refractivity contribution in [1.29, 1.82) is 0 Å². The van der Waals surface area contributed by atoms with E-state index >= 15 is 0 Å². The third kappa shape index (κ3) is 3.72. The molecular formula is C17H25N7O. The second-order valence-corrected chi connectivity index (χ2v) is 6.68. The smallest absolute Gasteiger partial charge is 0.257 e. The van der Waals surface area contributed by atoms with Crippen LogP contribution in [0.4, 0.5) is 11.6 Å². The number of aromatic nitrogens is 4. The molecule has 0 spiro atoms. The molecule has 1 aliphatic heterocycles. The van der Waals surface area contributed by atoms with E-state index < -0.39 is 0 Å². The molecule has 8 heteroatoms. The van der Waals surface area contributed by atoms with Gasteiger partial charge in [0.1, 0.15) is 18.0 Å². The van der Waals surface area contributed by atoms with Crippen LogP contribution in [-0.2, 0) is 0 Å². The van der Waals surface area contributed by atoms with Crippen LogP contribution in [0.25, 0.3) is 0 Å². The molecule has 1 aliphatic rings. The first-order chi connectivity index (χ1) is 12.0. The molecule has 1 amide bonds. The van der Waals surface area contributed by atoms with Crippen molar-refractivity contribution in [3.8, 4) is 0 Å². The van der Waals surface area contributed by atoms with E-state index in [9.17, 15) is 4.79 Å². The first-order valence-corrected chi connectivity index (χ1v) is 8.52. The van der Waals surface area contributed by atoms with Crippen molar-refractivity contribution < 1.29 is 4.79 Å². The summed E-state index contributed by atoms with van der Waals surface area (Å²) >= 11 is 0. The Balaban J connectivity index is 1.59. The van der Waals surface area contributed by atoms with Crippen molar-refractivity contribution in [2.75, 3.05) is 37.4 Å². The average Bonchev–Trinajstić information content (AvgIpc) is 2.94. The number of carbonyl (C=O) groups excluding carboxylic acids is 1. The summed E-state index contributed by atoms with van der Waals surface area (Å²) < 4.78 is 0. The number of likely N-dealkylation sites (tertiary alicyclic amines) is 1. The van der Waals surface area contributed by atoms with E-state index in [-0.39, 0.29) is 5.91 Å². The zero-order valence-electron chi connectivity index (χ0n) is 15.2. The summed E-state index contributed by atoms with van der Waals surface area (Å²) in [6, 6.07) is 2.25. The molecule has 8 nitrogen and oxygen atoms in total. The molecule has 0 aromatic carbocycles. The molecule has 2 aromatic heterocycles. The molecular weight excluding hydrogens is 318 g/mol. The van der Waals surface area contributed by atoms with Crippen LogP contribution in [0.5, 0.6) is 0 Å². The number of piperidine rings is 1. The lowest BCUT2D eigenvalue weighted by atomic mass is 10.0. The largest absolute Gasteiger partial charge is 0.367 e. The van der Waals surface area contributed by atoms with Crippen molar-refractivity contribution in [1.82, 2.24) is 25.1 Å². The second-order valence-electron chi connectivity index (χ2n) is 6.68. The van der Waals surface area contributed by atoms with Gasteiger partial charge in [0.2, 0.25) is 0 Å². The van der Waals surface area contributed by atoms with Gasteiger partial charge in [0, 0.05) is 45.0 Å². The number of rotatable bonds is 4. The Bertz CT molecular complexity index is 728. The van der Waals surface area contributed by atoms with Gasteiger partial charge in [-0.3, -0.25) is 9.89 Å². The molecule has 3 rings (SSSR count). The van der Waals surface area contributed by atoms with Gasteiger partial charge in [-0.05, 0) is 26.7 Å². The fourth-order valence-corrected chi connectivity index (χ4v) is 3.13. The minimum absolute atomic E-state index is 0.0686. The summed E-state index contributed by atoms with van der Waals surface area (Å²) in [5.41, 5.74) is 2.30. The number of hydrogen-bond donors (Lipinski definition) is 2. The van der Waals surface area contributed by atoms with Gasteiger partial charge in [0.25, 0.3) is 5.91 Å². The van der Waals surface area contributed by atoms with Crippen LogP contribution in [0.3, 0.4) is 0 Å². The van der Waals surface area contributed by atoms with Gasteiger partial charge in [0.05, 0.1) is 11.3 Å². The number of nitrogens with zero attached hydrogens (tertiary/aromatic N) is 5. The molecule has 25 heavy (non-hydrogen) atoms. The van der Waals surface area contributed by atoms with Crippen molar-refractivity contribution in [3.05, 3.63) is 29.3 Å². The quantitative estimate of drug-likeness (QED) is 0.876. The van der Waals surface area contributed by atoms with Gasteiger partial charge in [-0.25, -0.2) is 9.97 Å². The van der Waals surface area contributed by atoms with Crippen LogP contribution >= 0.6 is 0 Å². The average molecular weight is 343 g/mol. The van der Waals surface area contributed by atoms with Crippen molar-refractivity contribution in [2.24, 2.45) is 0 Å². The van der Waals surface area contributed by atoms with Crippen molar-refractivity contribution in [2.45, 2.75) is 32.7 Å². The molecule has 2 N–H and O–H groups in total. The van der Waals surface area contributed by atoms with Crippen LogP contribution in [0.2, 0.25) is 0 Å². The van der Waals surface area contributed by atoms with E-state index in [1.54, 1.807) is 6.33 Å². The summed E-state index contributed by atoms with van der Waals surface area (Å²) in [6.07, 6.45) is 3.35. The zero-order chi connectivity index (χ0) is 18.0. The van der Waals surface area contributed by atoms with Gasteiger partial charge in [-0.1, -0.05) is 0 Å². The Hall–Kier alpha value is -2.64. The van der Waals surface area contributed by atoms with Gasteiger partial charge in [0.15, 0.2) is 0 Å². The highest BCUT2D eigenvalue weighted by molar-refractivity contribution is 5.96. The number of anilines is 2. The Labute approximate surface area is 147 Å². The fourth-order valence-electron chi connectivity index (χ4n) is 3.13. The number of amides is 1. The normalized spacial score (nSPS) is 15.3. The molecule has 0 saturated carbocycles. The molecule has 1 fully saturated rings. The topological polar surface area (TPSA) is 90.0 Å². The molecule has 0 atom stereocenters. The highest BCUT2D eigenvalue weighted by atomic mass is 16.2. The lowest BCUT2D eigenvalue weighted by molar-refractivity contribution is 0.0717. The standard InChI is InChI=1S/C17H25N7O/c1-11-16(12(2)22-21-11)17(25)24-7-5-13(6-8-24)20-14-9-15(23(3)4)19-10-18-14/h9-10,13H,5-8H2,1-4H3,(H,21,22)(H,18,19,20). The third-order valence-corrected chi connectivity index (χ3v) is 4.59. The van der Waals surface area contributed by atoms with E-state index in [4.69, 9.17) is 0 Å². The number of hydrogen-bond acceptors (Lipinski definition) is 6. The van der Waals surface area contributed by atoms with Crippen LogP contribution in [0.1, 0.15) is 34.6 Å². The lowest BCUT2D eigenvalue weighted by Crippen LogP contribution is -2.42. The maximum Gasteiger partial charge on any atom is 0.257 e. The van der Waals surface area contributed by atoms with Crippen LogP contribution < -0.4 is 10.2 Å². The van der Waals surface area contributed by atoms with Gasteiger partial charge >= 0.3 is 0 Å². The summed E-state index contributed by atoms with van der Waals surface area (Å²) in [7, 11) is 3.91. The Kier molecular flexibility index (Phi) is 4.87. The molecule has 0 bridgehead atoms. The first-order valence-electron chi connectivity index (χ1n) is 8.52.